The molecule has 3 rings (SSSR count). The summed E-state index contributed by atoms with van der Waals surface area (Å²) in [5.74, 6) is 0.400. The fraction of sp³-hybridized carbons (Fsp3) is 0.538. The van der Waals surface area contributed by atoms with Crippen LogP contribution in [0.3, 0.4) is 0 Å². The van der Waals surface area contributed by atoms with Gasteiger partial charge in [0.05, 0.1) is 18.2 Å². The summed E-state index contributed by atoms with van der Waals surface area (Å²) in [4.78, 5) is 14.2. The largest absolute Gasteiger partial charge is 0.351 e. The van der Waals surface area contributed by atoms with Crippen molar-refractivity contribution in [1.29, 1.82) is 0 Å². The molecular formula is C13H18N4O3S. The molecule has 21 heavy (non-hydrogen) atoms. The minimum absolute atomic E-state index is 0.0308. The third-order valence-corrected chi connectivity index (χ3v) is 5.69. The Hall–Kier alpha value is -1.67. The van der Waals surface area contributed by atoms with E-state index in [1.807, 2.05) is 17.9 Å². The van der Waals surface area contributed by atoms with Crippen molar-refractivity contribution in [2.45, 2.75) is 26.1 Å². The molecule has 0 amide bonds. The molecule has 114 valence electrons. The predicted octanol–water partition coefficient (Wildman–Crippen LogP) is -0.0375. The summed E-state index contributed by atoms with van der Waals surface area (Å²) in [5.41, 5.74) is 0.391. The fourth-order valence-electron chi connectivity index (χ4n) is 2.77. The molecule has 1 atom stereocenters. The second-order valence-electron chi connectivity index (χ2n) is 5.31. The molecular weight excluding hydrogens is 292 g/mol. The monoisotopic (exact) mass is 310 g/mol. The molecule has 1 aliphatic heterocycles. The van der Waals surface area contributed by atoms with E-state index >= 15 is 0 Å². The first kappa shape index (κ1) is 14.3. The van der Waals surface area contributed by atoms with Crippen LogP contribution in [-0.2, 0) is 16.5 Å². The van der Waals surface area contributed by atoms with Crippen LogP contribution in [0.5, 0.6) is 0 Å². The summed E-state index contributed by atoms with van der Waals surface area (Å²) in [6.45, 7) is 2.96. The Kier molecular flexibility index (Phi) is 3.58. The topological polar surface area (TPSA) is 76.7 Å². The molecule has 0 spiro atoms. The van der Waals surface area contributed by atoms with Gasteiger partial charge in [0.1, 0.15) is 0 Å². The molecule has 1 aliphatic rings. The number of fused-ring (bicyclic) bond motifs is 1. The molecule has 2 aromatic rings. The van der Waals surface area contributed by atoms with E-state index in [2.05, 4.69) is 5.10 Å². The maximum absolute atomic E-state index is 12.2. The van der Waals surface area contributed by atoms with Crippen molar-refractivity contribution >= 4 is 15.5 Å². The summed E-state index contributed by atoms with van der Waals surface area (Å²) in [6, 6.07) is 5.35. The van der Waals surface area contributed by atoms with E-state index in [1.54, 1.807) is 18.3 Å². The van der Waals surface area contributed by atoms with Crippen LogP contribution in [0.15, 0.2) is 29.2 Å². The minimum Gasteiger partial charge on any atom is -0.280 e. The number of hydrogen-bond acceptors (Lipinski definition) is 5. The zero-order valence-corrected chi connectivity index (χ0v) is 12.7. The lowest BCUT2D eigenvalue weighted by atomic mass is 10.2. The highest BCUT2D eigenvalue weighted by molar-refractivity contribution is 7.91. The smallest absolute Gasteiger partial charge is 0.280 e. The number of pyridine rings is 1. The molecule has 0 bridgehead atoms. The molecule has 0 N–H and O–H groups in total. The Labute approximate surface area is 122 Å². The van der Waals surface area contributed by atoms with Gasteiger partial charge in [0, 0.05) is 12.2 Å². The van der Waals surface area contributed by atoms with Gasteiger partial charge in [-0.15, -0.1) is 5.10 Å². The molecule has 1 saturated heterocycles. The lowest BCUT2D eigenvalue weighted by Gasteiger charge is -2.25. The van der Waals surface area contributed by atoms with Crippen molar-refractivity contribution in [3.05, 3.63) is 34.9 Å². The second-order valence-corrected chi connectivity index (χ2v) is 7.54. The van der Waals surface area contributed by atoms with Crippen LogP contribution in [0.25, 0.3) is 5.65 Å². The summed E-state index contributed by atoms with van der Waals surface area (Å²) in [6.07, 6.45) is 2.30. The Balaban J connectivity index is 1.86. The molecule has 8 heteroatoms. The second kappa shape index (κ2) is 5.27. The number of aromatic nitrogens is 3. The van der Waals surface area contributed by atoms with Crippen LogP contribution in [0.1, 0.15) is 13.3 Å². The Morgan fingerprint density at radius 3 is 2.86 bits per heavy atom. The van der Waals surface area contributed by atoms with Crippen LogP contribution in [0.2, 0.25) is 0 Å². The van der Waals surface area contributed by atoms with Gasteiger partial charge in [-0.1, -0.05) is 13.0 Å². The summed E-state index contributed by atoms with van der Waals surface area (Å²) < 4.78 is 26.1. The van der Waals surface area contributed by atoms with Gasteiger partial charge in [0.15, 0.2) is 15.5 Å². The summed E-state index contributed by atoms with van der Waals surface area (Å²) in [5, 5.41) is 4.28. The Morgan fingerprint density at radius 1 is 1.43 bits per heavy atom. The van der Waals surface area contributed by atoms with E-state index in [9.17, 15) is 13.2 Å². The fourth-order valence-corrected chi connectivity index (χ4v) is 4.53. The highest BCUT2D eigenvalue weighted by atomic mass is 32.2. The van der Waals surface area contributed by atoms with Gasteiger partial charge in [-0.05, 0) is 25.1 Å². The van der Waals surface area contributed by atoms with E-state index in [1.165, 1.54) is 9.08 Å². The zero-order valence-electron chi connectivity index (χ0n) is 11.8. The van der Waals surface area contributed by atoms with Gasteiger partial charge < -0.3 is 0 Å². The molecule has 0 aromatic carbocycles. The Bertz CT molecular complexity index is 808. The first-order valence-electron chi connectivity index (χ1n) is 6.99. The number of nitrogens with zero attached hydrogens (tertiary/aromatic N) is 4. The van der Waals surface area contributed by atoms with Crippen LogP contribution >= 0.6 is 0 Å². The van der Waals surface area contributed by atoms with Crippen molar-refractivity contribution in [3.63, 3.8) is 0 Å². The summed E-state index contributed by atoms with van der Waals surface area (Å²) in [7, 11) is -2.93. The van der Waals surface area contributed by atoms with E-state index in [-0.39, 0.29) is 23.2 Å². The number of hydrogen-bond donors (Lipinski definition) is 0. The first-order chi connectivity index (χ1) is 10.00. The Morgan fingerprint density at radius 2 is 2.24 bits per heavy atom. The molecule has 0 aliphatic carbocycles. The van der Waals surface area contributed by atoms with Gasteiger partial charge in [-0.2, -0.15) is 4.68 Å². The average molecular weight is 310 g/mol. The first-order valence-corrected chi connectivity index (χ1v) is 8.81. The lowest BCUT2D eigenvalue weighted by molar-refractivity contribution is 0.163. The van der Waals surface area contributed by atoms with Crippen molar-refractivity contribution in [2.24, 2.45) is 0 Å². The van der Waals surface area contributed by atoms with Crippen molar-refractivity contribution in [3.8, 4) is 0 Å². The van der Waals surface area contributed by atoms with Crippen molar-refractivity contribution in [1.82, 2.24) is 19.1 Å². The van der Waals surface area contributed by atoms with Crippen LogP contribution in [-0.4, -0.2) is 51.6 Å². The molecule has 0 saturated carbocycles. The maximum atomic E-state index is 12.2. The SMILES string of the molecule is CCN(Cn1nc2ccccn2c1=O)C1CCS(=O)(=O)C1. The highest BCUT2D eigenvalue weighted by Gasteiger charge is 2.32. The van der Waals surface area contributed by atoms with E-state index in [4.69, 9.17) is 0 Å². The van der Waals surface area contributed by atoms with Gasteiger partial charge in [0.2, 0.25) is 0 Å². The highest BCUT2D eigenvalue weighted by Crippen LogP contribution is 2.17. The third kappa shape index (κ3) is 2.73. The van der Waals surface area contributed by atoms with Crippen LogP contribution in [0, 0.1) is 0 Å². The van der Waals surface area contributed by atoms with Gasteiger partial charge in [-0.25, -0.2) is 13.2 Å². The zero-order chi connectivity index (χ0) is 15.0. The number of rotatable bonds is 4. The predicted molar refractivity (Wildman–Crippen MR) is 78.9 cm³/mol. The van der Waals surface area contributed by atoms with Gasteiger partial charge in [-0.3, -0.25) is 9.30 Å². The third-order valence-electron chi connectivity index (χ3n) is 3.94. The number of sulfone groups is 1. The average Bonchev–Trinajstić information content (AvgIpc) is 2.97. The molecule has 1 fully saturated rings. The van der Waals surface area contributed by atoms with Crippen molar-refractivity contribution < 1.29 is 8.42 Å². The van der Waals surface area contributed by atoms with E-state index in [0.717, 1.165) is 0 Å². The molecule has 0 radical (unpaired) electrons. The van der Waals surface area contributed by atoms with E-state index in [0.29, 0.717) is 25.3 Å². The van der Waals surface area contributed by atoms with Crippen molar-refractivity contribution in [2.75, 3.05) is 18.1 Å². The minimum atomic E-state index is -2.93. The standard InChI is InChI=1S/C13H18N4O3S/c1-2-15(11-6-8-21(19,20)9-11)10-17-13(18)16-7-4-3-5-12(16)14-17/h3-5,7,11H,2,6,8-10H2,1H3. The van der Waals surface area contributed by atoms with Gasteiger partial charge >= 0.3 is 5.69 Å². The normalized spacial score (nSPS) is 21.3. The quantitative estimate of drug-likeness (QED) is 0.792. The molecule has 7 nitrogen and oxygen atoms in total. The molecule has 2 aromatic heterocycles. The molecule has 1 unspecified atom stereocenters. The maximum Gasteiger partial charge on any atom is 0.351 e. The van der Waals surface area contributed by atoms with Crippen LogP contribution < -0.4 is 5.69 Å². The van der Waals surface area contributed by atoms with Crippen LogP contribution in [0.4, 0.5) is 0 Å². The van der Waals surface area contributed by atoms with E-state index < -0.39 is 9.84 Å². The summed E-state index contributed by atoms with van der Waals surface area (Å²) >= 11 is 0. The molecule has 3 heterocycles. The van der Waals surface area contributed by atoms with Gasteiger partial charge in [0.25, 0.3) is 0 Å². The lowest BCUT2D eigenvalue weighted by Crippen LogP contribution is -2.40.